The van der Waals surface area contributed by atoms with Crippen molar-refractivity contribution < 1.29 is 13.9 Å². The van der Waals surface area contributed by atoms with Crippen LogP contribution >= 0.6 is 0 Å². The molecule has 0 radical (unpaired) electrons. The largest absolute Gasteiger partial charge is 0.450 e. The summed E-state index contributed by atoms with van der Waals surface area (Å²) >= 11 is 0. The molecule has 1 aliphatic carbocycles. The van der Waals surface area contributed by atoms with Crippen LogP contribution in [-0.4, -0.2) is 36.0 Å². The minimum Gasteiger partial charge on any atom is -0.450 e. The summed E-state index contributed by atoms with van der Waals surface area (Å²) in [5.74, 6) is 0.922. The Morgan fingerprint density at radius 3 is 2.73 bits per heavy atom. The number of rotatable bonds is 5. The van der Waals surface area contributed by atoms with Crippen molar-refractivity contribution >= 4 is 17.4 Å². The first kappa shape index (κ1) is 20.6. The number of amides is 1. The highest BCUT2D eigenvalue weighted by Crippen LogP contribution is 2.47. The molecule has 6 nitrogen and oxygen atoms in total. The lowest BCUT2D eigenvalue weighted by Crippen LogP contribution is -2.30. The Morgan fingerprint density at radius 1 is 1.23 bits per heavy atom. The van der Waals surface area contributed by atoms with E-state index in [1.807, 2.05) is 13.8 Å². The number of carbonyl (C=O) groups is 1. The van der Waals surface area contributed by atoms with Gasteiger partial charge in [-0.25, -0.2) is 14.4 Å². The number of aromatic nitrogens is 2. The van der Waals surface area contributed by atoms with Gasteiger partial charge in [0, 0.05) is 32.1 Å². The highest BCUT2D eigenvalue weighted by atomic mass is 19.1. The van der Waals surface area contributed by atoms with Gasteiger partial charge in [0.15, 0.2) is 17.3 Å². The molecule has 2 heterocycles. The van der Waals surface area contributed by atoms with E-state index in [0.29, 0.717) is 22.6 Å². The van der Waals surface area contributed by atoms with Crippen molar-refractivity contribution in [2.24, 2.45) is 11.3 Å². The van der Waals surface area contributed by atoms with Gasteiger partial charge in [0.1, 0.15) is 12.1 Å². The van der Waals surface area contributed by atoms with Gasteiger partial charge in [-0.3, -0.25) is 4.79 Å². The summed E-state index contributed by atoms with van der Waals surface area (Å²) in [4.78, 5) is 24.8. The lowest BCUT2D eigenvalue weighted by molar-refractivity contribution is -0.121. The molecule has 2 fully saturated rings. The summed E-state index contributed by atoms with van der Waals surface area (Å²) in [6.07, 6.45) is 9.49. The molecule has 2 aliphatic rings. The maximum absolute atomic E-state index is 14.0. The van der Waals surface area contributed by atoms with E-state index < -0.39 is 5.82 Å². The molecule has 0 atom stereocenters. The van der Waals surface area contributed by atoms with Gasteiger partial charge in [-0.2, -0.15) is 0 Å². The lowest BCUT2D eigenvalue weighted by atomic mass is 9.86. The maximum atomic E-state index is 14.0. The molecule has 2 aromatic rings. The average molecular weight is 413 g/mol. The monoisotopic (exact) mass is 412 g/mol. The molecular formula is C23H29FN4O2. The molecule has 0 bridgehead atoms. The Labute approximate surface area is 177 Å². The standard InChI is InChI=1S/C23H29FN4O2/c1-16(2)22(29)27(3)18-12-17(24)6-7-19(18)30-20-13-25-15-26-21(20)28-11-10-23(14-28)8-4-5-9-23/h6-7,12-13,15-16H,4-5,8-11,14H2,1-3H3. The second-order valence-corrected chi connectivity index (χ2v) is 8.86. The first-order valence-electron chi connectivity index (χ1n) is 10.7. The fraction of sp³-hybridized carbons (Fsp3) is 0.522. The van der Waals surface area contributed by atoms with Gasteiger partial charge in [-0.05, 0) is 36.8 Å². The fourth-order valence-electron chi connectivity index (χ4n) is 4.73. The van der Waals surface area contributed by atoms with Crippen LogP contribution in [0, 0.1) is 17.2 Å². The molecule has 0 N–H and O–H groups in total. The lowest BCUT2D eigenvalue weighted by Gasteiger charge is -2.26. The molecule has 7 heteroatoms. The number of ether oxygens (including phenoxy) is 1. The van der Waals surface area contributed by atoms with Crippen LogP contribution in [0.1, 0.15) is 46.0 Å². The van der Waals surface area contributed by atoms with Crippen LogP contribution in [0.4, 0.5) is 15.9 Å². The third-order valence-electron chi connectivity index (χ3n) is 6.39. The van der Waals surface area contributed by atoms with Crippen LogP contribution in [0.25, 0.3) is 0 Å². The molecule has 1 amide bonds. The smallest absolute Gasteiger partial charge is 0.229 e. The van der Waals surface area contributed by atoms with Crippen LogP contribution in [0.3, 0.4) is 0 Å². The van der Waals surface area contributed by atoms with E-state index in [9.17, 15) is 9.18 Å². The Morgan fingerprint density at radius 2 is 2.00 bits per heavy atom. The number of carbonyl (C=O) groups excluding carboxylic acids is 1. The SMILES string of the molecule is CC(C)C(=O)N(C)c1cc(F)ccc1Oc1cncnc1N1CCC2(CCCC2)C1. The van der Waals surface area contributed by atoms with E-state index >= 15 is 0 Å². The van der Waals surface area contributed by atoms with Gasteiger partial charge in [-0.1, -0.05) is 26.7 Å². The minimum atomic E-state index is -0.423. The molecule has 30 heavy (non-hydrogen) atoms. The topological polar surface area (TPSA) is 58.6 Å². The van der Waals surface area contributed by atoms with Crippen LogP contribution in [0.15, 0.2) is 30.7 Å². The molecular weight excluding hydrogens is 383 g/mol. The number of hydrogen-bond donors (Lipinski definition) is 0. The molecule has 1 aromatic carbocycles. The fourth-order valence-corrected chi connectivity index (χ4v) is 4.73. The molecule has 1 spiro atoms. The first-order valence-corrected chi connectivity index (χ1v) is 10.7. The van der Waals surface area contributed by atoms with Crippen LogP contribution < -0.4 is 14.5 Å². The Bertz CT molecular complexity index is 927. The number of halogens is 1. The predicted molar refractivity (Wildman–Crippen MR) is 114 cm³/mol. The zero-order valence-corrected chi connectivity index (χ0v) is 17.9. The summed E-state index contributed by atoms with van der Waals surface area (Å²) in [6.45, 7) is 5.54. The van der Waals surface area contributed by atoms with Crippen LogP contribution in [0.5, 0.6) is 11.5 Å². The maximum Gasteiger partial charge on any atom is 0.229 e. The van der Waals surface area contributed by atoms with E-state index in [1.54, 1.807) is 19.3 Å². The minimum absolute atomic E-state index is 0.113. The summed E-state index contributed by atoms with van der Waals surface area (Å²) < 4.78 is 20.2. The molecule has 4 rings (SSSR count). The second-order valence-electron chi connectivity index (χ2n) is 8.86. The van der Waals surface area contributed by atoms with Crippen molar-refractivity contribution in [1.82, 2.24) is 9.97 Å². The molecule has 160 valence electrons. The Kier molecular flexibility index (Phi) is 5.62. The average Bonchev–Trinajstić information content (AvgIpc) is 3.38. The number of hydrogen-bond acceptors (Lipinski definition) is 5. The third kappa shape index (κ3) is 3.98. The van der Waals surface area contributed by atoms with Gasteiger partial charge in [0.2, 0.25) is 5.91 Å². The quantitative estimate of drug-likeness (QED) is 0.706. The van der Waals surface area contributed by atoms with E-state index in [4.69, 9.17) is 4.74 Å². The number of benzene rings is 1. The Balaban J connectivity index is 1.62. The van der Waals surface area contributed by atoms with Gasteiger partial charge in [0.05, 0.1) is 11.9 Å². The van der Waals surface area contributed by atoms with Crippen LogP contribution in [-0.2, 0) is 4.79 Å². The first-order chi connectivity index (χ1) is 14.4. The van der Waals surface area contributed by atoms with Crippen molar-refractivity contribution in [3.05, 3.63) is 36.5 Å². The zero-order chi connectivity index (χ0) is 21.3. The number of nitrogens with zero attached hydrogens (tertiary/aromatic N) is 4. The van der Waals surface area contributed by atoms with E-state index in [-0.39, 0.29) is 11.8 Å². The van der Waals surface area contributed by atoms with Crippen molar-refractivity contribution in [2.75, 3.05) is 29.9 Å². The van der Waals surface area contributed by atoms with Crippen molar-refractivity contribution in [2.45, 2.75) is 46.0 Å². The highest BCUT2D eigenvalue weighted by Gasteiger charge is 2.41. The van der Waals surface area contributed by atoms with Crippen LogP contribution in [0.2, 0.25) is 0 Å². The number of anilines is 2. The predicted octanol–water partition coefficient (Wildman–Crippen LogP) is 4.80. The normalized spacial score (nSPS) is 17.7. The molecule has 1 aliphatic heterocycles. The summed E-state index contributed by atoms with van der Waals surface area (Å²) in [5.41, 5.74) is 0.782. The van der Waals surface area contributed by atoms with Gasteiger partial charge >= 0.3 is 0 Å². The Hall–Kier alpha value is -2.70. The zero-order valence-electron chi connectivity index (χ0n) is 17.9. The summed E-state index contributed by atoms with van der Waals surface area (Å²) in [5, 5.41) is 0. The van der Waals surface area contributed by atoms with E-state index in [1.165, 1.54) is 55.5 Å². The molecule has 0 unspecified atom stereocenters. The summed E-state index contributed by atoms with van der Waals surface area (Å²) in [6, 6.07) is 4.20. The highest BCUT2D eigenvalue weighted by molar-refractivity contribution is 5.95. The molecule has 1 saturated carbocycles. The molecule has 1 aromatic heterocycles. The van der Waals surface area contributed by atoms with Crippen molar-refractivity contribution in [1.29, 1.82) is 0 Å². The van der Waals surface area contributed by atoms with E-state index in [2.05, 4.69) is 14.9 Å². The van der Waals surface area contributed by atoms with Crippen molar-refractivity contribution in [3.8, 4) is 11.5 Å². The van der Waals surface area contributed by atoms with E-state index in [0.717, 1.165) is 18.9 Å². The van der Waals surface area contributed by atoms with Gasteiger partial charge < -0.3 is 14.5 Å². The second kappa shape index (κ2) is 8.20. The van der Waals surface area contributed by atoms with Gasteiger partial charge in [0.25, 0.3) is 0 Å². The molecule has 1 saturated heterocycles. The summed E-state index contributed by atoms with van der Waals surface area (Å²) in [7, 11) is 1.64. The van der Waals surface area contributed by atoms with Gasteiger partial charge in [-0.15, -0.1) is 0 Å². The third-order valence-corrected chi connectivity index (χ3v) is 6.39. The van der Waals surface area contributed by atoms with Crippen molar-refractivity contribution in [3.63, 3.8) is 0 Å².